The summed E-state index contributed by atoms with van der Waals surface area (Å²) >= 11 is 0. The Balaban J connectivity index is 2.61. The standard InChI is InChI=1S/C16H21FN2O2/c1-4-9-18-16(21)12(3)19-15(20)10-11(2)13-5-7-14(17)8-6-13/h5-8,10,12H,4,9H2,1-3H3,(H,18,21)(H,19,20)/b11-10+/t12-/m0/s1. The van der Waals surface area contributed by atoms with Crippen molar-refractivity contribution < 1.29 is 14.0 Å². The van der Waals surface area contributed by atoms with Gasteiger partial charge in [0.25, 0.3) is 0 Å². The second-order valence-electron chi connectivity index (χ2n) is 4.86. The fourth-order valence-electron chi connectivity index (χ4n) is 1.71. The Bertz CT molecular complexity index is 524. The second kappa shape index (κ2) is 8.19. The molecule has 0 aliphatic rings. The van der Waals surface area contributed by atoms with Crippen LogP contribution in [0.1, 0.15) is 32.8 Å². The number of halogens is 1. The molecule has 0 unspecified atom stereocenters. The zero-order chi connectivity index (χ0) is 15.8. The van der Waals surface area contributed by atoms with Gasteiger partial charge in [-0.15, -0.1) is 0 Å². The minimum Gasteiger partial charge on any atom is -0.354 e. The van der Waals surface area contributed by atoms with E-state index in [1.807, 2.05) is 6.92 Å². The van der Waals surface area contributed by atoms with Crippen molar-refractivity contribution in [2.75, 3.05) is 6.54 Å². The Labute approximate surface area is 124 Å². The lowest BCUT2D eigenvalue weighted by atomic mass is 10.1. The highest BCUT2D eigenvalue weighted by atomic mass is 19.1. The van der Waals surface area contributed by atoms with E-state index in [-0.39, 0.29) is 17.6 Å². The SMILES string of the molecule is CCCNC(=O)[C@H](C)NC(=O)/C=C(\C)c1ccc(F)cc1. The van der Waals surface area contributed by atoms with Crippen LogP contribution in [0.15, 0.2) is 30.3 Å². The van der Waals surface area contributed by atoms with Crippen LogP contribution in [0, 0.1) is 5.82 Å². The number of amides is 2. The van der Waals surface area contributed by atoms with Crippen LogP contribution in [0.2, 0.25) is 0 Å². The molecule has 1 aromatic rings. The van der Waals surface area contributed by atoms with Crippen molar-refractivity contribution in [3.05, 3.63) is 41.7 Å². The van der Waals surface area contributed by atoms with Crippen molar-refractivity contribution >= 4 is 17.4 Å². The van der Waals surface area contributed by atoms with E-state index in [2.05, 4.69) is 10.6 Å². The van der Waals surface area contributed by atoms with Crippen molar-refractivity contribution in [1.29, 1.82) is 0 Å². The average Bonchev–Trinajstić information content (AvgIpc) is 2.45. The number of rotatable bonds is 6. The van der Waals surface area contributed by atoms with E-state index in [1.165, 1.54) is 18.2 Å². The number of nitrogens with one attached hydrogen (secondary N) is 2. The molecule has 0 fully saturated rings. The van der Waals surface area contributed by atoms with Gasteiger partial charge in [0.2, 0.25) is 11.8 Å². The molecule has 0 aromatic heterocycles. The highest BCUT2D eigenvalue weighted by molar-refractivity contribution is 5.97. The molecule has 0 aliphatic heterocycles. The molecule has 0 saturated heterocycles. The molecular weight excluding hydrogens is 271 g/mol. The predicted octanol–water partition coefficient (Wildman–Crippen LogP) is 2.26. The minimum atomic E-state index is -0.596. The molecule has 2 N–H and O–H groups in total. The molecular formula is C16H21FN2O2. The molecule has 0 heterocycles. The fraction of sp³-hybridized carbons (Fsp3) is 0.375. The lowest BCUT2D eigenvalue weighted by Gasteiger charge is -2.12. The van der Waals surface area contributed by atoms with Crippen LogP contribution in [0.25, 0.3) is 5.57 Å². The zero-order valence-corrected chi connectivity index (χ0v) is 12.6. The fourth-order valence-corrected chi connectivity index (χ4v) is 1.71. The Hall–Kier alpha value is -2.17. The summed E-state index contributed by atoms with van der Waals surface area (Å²) in [7, 11) is 0. The molecule has 21 heavy (non-hydrogen) atoms. The molecule has 0 aliphatic carbocycles. The predicted molar refractivity (Wildman–Crippen MR) is 81.0 cm³/mol. The molecule has 1 atom stereocenters. The minimum absolute atomic E-state index is 0.210. The molecule has 1 rings (SSSR count). The van der Waals surface area contributed by atoms with Crippen LogP contribution in [0.5, 0.6) is 0 Å². The largest absolute Gasteiger partial charge is 0.354 e. The summed E-state index contributed by atoms with van der Waals surface area (Å²) in [6.07, 6.45) is 2.24. The first-order valence-electron chi connectivity index (χ1n) is 6.96. The van der Waals surface area contributed by atoms with Gasteiger partial charge >= 0.3 is 0 Å². The van der Waals surface area contributed by atoms with Crippen LogP contribution < -0.4 is 10.6 Å². The molecule has 2 amide bonds. The first-order chi connectivity index (χ1) is 9.93. The lowest BCUT2D eigenvalue weighted by Crippen LogP contribution is -2.44. The smallest absolute Gasteiger partial charge is 0.244 e. The molecule has 1 aromatic carbocycles. The third kappa shape index (κ3) is 5.77. The highest BCUT2D eigenvalue weighted by Crippen LogP contribution is 2.13. The average molecular weight is 292 g/mol. The van der Waals surface area contributed by atoms with Crippen LogP contribution in [-0.4, -0.2) is 24.4 Å². The lowest BCUT2D eigenvalue weighted by molar-refractivity contribution is -0.126. The molecule has 0 bridgehead atoms. The van der Waals surface area contributed by atoms with Crippen molar-refractivity contribution in [2.45, 2.75) is 33.2 Å². The Kier molecular flexibility index (Phi) is 6.59. The van der Waals surface area contributed by atoms with E-state index in [9.17, 15) is 14.0 Å². The van der Waals surface area contributed by atoms with E-state index >= 15 is 0 Å². The maximum atomic E-state index is 12.8. The Morgan fingerprint density at radius 2 is 1.90 bits per heavy atom. The van der Waals surface area contributed by atoms with Gasteiger partial charge in [-0.1, -0.05) is 19.1 Å². The van der Waals surface area contributed by atoms with Gasteiger partial charge in [-0.3, -0.25) is 9.59 Å². The number of hydrogen-bond donors (Lipinski definition) is 2. The first kappa shape index (κ1) is 16.9. The van der Waals surface area contributed by atoms with Crippen LogP contribution in [0.4, 0.5) is 4.39 Å². The third-order valence-corrected chi connectivity index (χ3v) is 2.95. The normalized spacial score (nSPS) is 12.7. The molecule has 0 spiro atoms. The van der Waals surface area contributed by atoms with E-state index in [0.29, 0.717) is 12.1 Å². The van der Waals surface area contributed by atoms with Crippen molar-refractivity contribution in [2.24, 2.45) is 0 Å². The maximum absolute atomic E-state index is 12.8. The van der Waals surface area contributed by atoms with E-state index in [4.69, 9.17) is 0 Å². The number of carbonyl (C=O) groups is 2. The molecule has 114 valence electrons. The van der Waals surface area contributed by atoms with Crippen LogP contribution in [-0.2, 0) is 9.59 Å². The second-order valence-corrected chi connectivity index (χ2v) is 4.86. The number of hydrogen-bond acceptors (Lipinski definition) is 2. The summed E-state index contributed by atoms with van der Waals surface area (Å²) in [6, 6.07) is 5.29. The van der Waals surface area contributed by atoms with Gasteiger partial charge in [0.1, 0.15) is 11.9 Å². The van der Waals surface area contributed by atoms with Crippen LogP contribution >= 0.6 is 0 Å². The van der Waals surface area contributed by atoms with E-state index in [1.54, 1.807) is 26.0 Å². The van der Waals surface area contributed by atoms with Gasteiger partial charge in [0.15, 0.2) is 0 Å². The van der Waals surface area contributed by atoms with Gasteiger partial charge in [-0.25, -0.2) is 4.39 Å². The summed E-state index contributed by atoms with van der Waals surface area (Å²) in [4.78, 5) is 23.5. The number of benzene rings is 1. The summed E-state index contributed by atoms with van der Waals surface area (Å²) in [5.74, 6) is -0.883. The van der Waals surface area contributed by atoms with Gasteiger partial charge < -0.3 is 10.6 Å². The summed E-state index contributed by atoms with van der Waals surface area (Å²) in [5.41, 5.74) is 1.46. The highest BCUT2D eigenvalue weighted by Gasteiger charge is 2.13. The van der Waals surface area contributed by atoms with Crippen molar-refractivity contribution in [3.63, 3.8) is 0 Å². The molecule has 5 heteroatoms. The molecule has 4 nitrogen and oxygen atoms in total. The van der Waals surface area contributed by atoms with E-state index in [0.717, 1.165) is 12.0 Å². The summed E-state index contributed by atoms with van der Waals surface area (Å²) < 4.78 is 12.8. The topological polar surface area (TPSA) is 58.2 Å². The monoisotopic (exact) mass is 292 g/mol. The van der Waals surface area contributed by atoms with Gasteiger partial charge in [0.05, 0.1) is 0 Å². The van der Waals surface area contributed by atoms with Crippen LogP contribution in [0.3, 0.4) is 0 Å². The van der Waals surface area contributed by atoms with E-state index < -0.39 is 6.04 Å². The maximum Gasteiger partial charge on any atom is 0.244 e. The number of allylic oxidation sites excluding steroid dienone is 1. The Morgan fingerprint density at radius 3 is 2.48 bits per heavy atom. The molecule has 0 radical (unpaired) electrons. The van der Waals surface area contributed by atoms with Gasteiger partial charge in [0, 0.05) is 12.6 Å². The van der Waals surface area contributed by atoms with Crippen molar-refractivity contribution in [3.8, 4) is 0 Å². The summed E-state index contributed by atoms with van der Waals surface area (Å²) in [5, 5.41) is 5.31. The molecule has 0 saturated carbocycles. The van der Waals surface area contributed by atoms with Gasteiger partial charge in [-0.05, 0) is 43.5 Å². The zero-order valence-electron chi connectivity index (χ0n) is 12.6. The summed E-state index contributed by atoms with van der Waals surface area (Å²) in [6.45, 7) is 5.93. The first-order valence-corrected chi connectivity index (χ1v) is 6.96. The Morgan fingerprint density at radius 1 is 1.29 bits per heavy atom. The quantitative estimate of drug-likeness (QED) is 0.790. The number of carbonyl (C=O) groups excluding carboxylic acids is 2. The van der Waals surface area contributed by atoms with Gasteiger partial charge in [-0.2, -0.15) is 0 Å². The van der Waals surface area contributed by atoms with Crippen molar-refractivity contribution in [1.82, 2.24) is 10.6 Å². The third-order valence-electron chi connectivity index (χ3n) is 2.95.